The summed E-state index contributed by atoms with van der Waals surface area (Å²) in [7, 11) is 3.88. The maximum atomic E-state index is 11.7. The van der Waals surface area contributed by atoms with Gasteiger partial charge in [0.2, 0.25) is 5.91 Å². The lowest BCUT2D eigenvalue weighted by atomic mass is 9.96. The Labute approximate surface area is 74.3 Å². The Morgan fingerprint density at radius 2 is 1.92 bits per heavy atom. The Kier molecular flexibility index (Phi) is 2.17. The zero-order valence-electron chi connectivity index (χ0n) is 8.59. The Morgan fingerprint density at radius 3 is 2.42 bits per heavy atom. The smallest absolute Gasteiger partial charge is 0.242 e. The summed E-state index contributed by atoms with van der Waals surface area (Å²) in [6.45, 7) is 6.92. The van der Waals surface area contributed by atoms with Gasteiger partial charge in [-0.25, -0.2) is 0 Å². The third kappa shape index (κ3) is 1.22. The Balaban J connectivity index is 2.90. The maximum absolute atomic E-state index is 11.7. The van der Waals surface area contributed by atoms with Crippen molar-refractivity contribution in [3.8, 4) is 0 Å². The van der Waals surface area contributed by atoms with Crippen LogP contribution in [-0.4, -0.2) is 47.9 Å². The first-order chi connectivity index (χ1) is 5.37. The summed E-state index contributed by atoms with van der Waals surface area (Å²) in [6.07, 6.45) is 0. The molecule has 0 aliphatic carbocycles. The molecule has 12 heavy (non-hydrogen) atoms. The number of likely N-dealkylation sites (N-methyl/N-ethyl adjacent to an activating group) is 2. The van der Waals surface area contributed by atoms with Crippen molar-refractivity contribution >= 4 is 5.91 Å². The molecule has 1 amide bonds. The number of piperazine rings is 1. The second kappa shape index (κ2) is 2.73. The van der Waals surface area contributed by atoms with Gasteiger partial charge in [-0.3, -0.25) is 9.69 Å². The average Bonchev–Trinajstić information content (AvgIpc) is 1.99. The van der Waals surface area contributed by atoms with Crippen molar-refractivity contribution in [1.82, 2.24) is 9.80 Å². The van der Waals surface area contributed by atoms with E-state index in [-0.39, 0.29) is 11.4 Å². The number of hydrogen-bond donors (Lipinski definition) is 0. The second-order valence-corrected chi connectivity index (χ2v) is 4.20. The van der Waals surface area contributed by atoms with Gasteiger partial charge in [-0.1, -0.05) is 0 Å². The molecule has 0 saturated carbocycles. The van der Waals surface area contributed by atoms with E-state index < -0.39 is 0 Å². The minimum absolute atomic E-state index is 0.211. The first kappa shape index (κ1) is 9.52. The molecule has 0 radical (unpaired) electrons. The van der Waals surface area contributed by atoms with Crippen LogP contribution in [0.1, 0.15) is 20.8 Å². The average molecular weight is 170 g/mol. The predicted octanol–water partition coefficient (Wildman–Crippen LogP) is 0.557. The standard InChI is InChI=1S/C9H18N2O/c1-7-6-10(4)8(12)9(2,3)11(7)5/h7H,6H2,1-5H3. The van der Waals surface area contributed by atoms with Crippen molar-refractivity contribution in [3.63, 3.8) is 0 Å². The van der Waals surface area contributed by atoms with Crippen LogP contribution < -0.4 is 0 Å². The maximum Gasteiger partial charge on any atom is 0.242 e. The van der Waals surface area contributed by atoms with Crippen LogP contribution in [-0.2, 0) is 4.79 Å². The van der Waals surface area contributed by atoms with E-state index in [4.69, 9.17) is 0 Å². The molecule has 0 aromatic rings. The molecule has 3 nitrogen and oxygen atoms in total. The molecule has 0 spiro atoms. The van der Waals surface area contributed by atoms with E-state index in [0.717, 1.165) is 6.54 Å². The summed E-state index contributed by atoms with van der Waals surface area (Å²) in [5.74, 6) is 0.211. The van der Waals surface area contributed by atoms with Gasteiger partial charge in [0.1, 0.15) is 0 Å². The van der Waals surface area contributed by atoms with Gasteiger partial charge >= 0.3 is 0 Å². The topological polar surface area (TPSA) is 23.6 Å². The van der Waals surface area contributed by atoms with Crippen LogP contribution in [0.25, 0.3) is 0 Å². The first-order valence-electron chi connectivity index (χ1n) is 4.36. The number of carbonyl (C=O) groups excluding carboxylic acids is 1. The fraction of sp³-hybridized carbons (Fsp3) is 0.889. The van der Waals surface area contributed by atoms with E-state index in [1.54, 1.807) is 0 Å². The third-order valence-corrected chi connectivity index (χ3v) is 2.95. The van der Waals surface area contributed by atoms with E-state index >= 15 is 0 Å². The quantitative estimate of drug-likeness (QED) is 0.530. The van der Waals surface area contributed by atoms with Crippen molar-refractivity contribution in [3.05, 3.63) is 0 Å². The van der Waals surface area contributed by atoms with E-state index in [9.17, 15) is 4.79 Å². The Bertz CT molecular complexity index is 201. The van der Waals surface area contributed by atoms with Crippen molar-refractivity contribution in [2.75, 3.05) is 20.6 Å². The highest BCUT2D eigenvalue weighted by Gasteiger charge is 2.41. The highest BCUT2D eigenvalue weighted by molar-refractivity contribution is 5.86. The summed E-state index contributed by atoms with van der Waals surface area (Å²) in [4.78, 5) is 15.6. The molecule has 1 fully saturated rings. The fourth-order valence-corrected chi connectivity index (χ4v) is 1.77. The minimum atomic E-state index is -0.341. The molecule has 0 N–H and O–H groups in total. The Morgan fingerprint density at radius 1 is 1.42 bits per heavy atom. The molecule has 1 atom stereocenters. The van der Waals surface area contributed by atoms with Crippen LogP contribution in [0.4, 0.5) is 0 Å². The van der Waals surface area contributed by atoms with Crippen molar-refractivity contribution in [2.24, 2.45) is 0 Å². The van der Waals surface area contributed by atoms with Gasteiger partial charge in [0.25, 0.3) is 0 Å². The lowest BCUT2D eigenvalue weighted by Crippen LogP contribution is -2.64. The van der Waals surface area contributed by atoms with Crippen LogP contribution in [0.3, 0.4) is 0 Å². The lowest BCUT2D eigenvalue weighted by Gasteiger charge is -2.46. The molecule has 3 heteroatoms. The van der Waals surface area contributed by atoms with E-state index in [1.165, 1.54) is 0 Å². The predicted molar refractivity (Wildman–Crippen MR) is 48.9 cm³/mol. The summed E-state index contributed by atoms with van der Waals surface area (Å²) < 4.78 is 0. The first-order valence-corrected chi connectivity index (χ1v) is 4.36. The second-order valence-electron chi connectivity index (χ2n) is 4.20. The molecule has 1 heterocycles. The van der Waals surface area contributed by atoms with Gasteiger partial charge in [-0.05, 0) is 27.8 Å². The number of rotatable bonds is 0. The molecule has 0 bridgehead atoms. The normalized spacial score (nSPS) is 30.9. The van der Waals surface area contributed by atoms with Gasteiger partial charge in [-0.2, -0.15) is 0 Å². The van der Waals surface area contributed by atoms with Gasteiger partial charge in [0, 0.05) is 19.6 Å². The summed E-state index contributed by atoms with van der Waals surface area (Å²) in [6, 6.07) is 0.447. The number of carbonyl (C=O) groups is 1. The van der Waals surface area contributed by atoms with Crippen LogP contribution in [0.2, 0.25) is 0 Å². The van der Waals surface area contributed by atoms with E-state index in [0.29, 0.717) is 6.04 Å². The third-order valence-electron chi connectivity index (χ3n) is 2.95. The van der Waals surface area contributed by atoms with Gasteiger partial charge in [0.05, 0.1) is 5.54 Å². The van der Waals surface area contributed by atoms with E-state index in [1.807, 2.05) is 32.8 Å². The molecule has 1 aliphatic rings. The monoisotopic (exact) mass is 170 g/mol. The Hall–Kier alpha value is -0.570. The fourth-order valence-electron chi connectivity index (χ4n) is 1.77. The number of hydrogen-bond acceptors (Lipinski definition) is 2. The van der Waals surface area contributed by atoms with Crippen LogP contribution >= 0.6 is 0 Å². The zero-order valence-corrected chi connectivity index (χ0v) is 8.59. The highest BCUT2D eigenvalue weighted by atomic mass is 16.2. The minimum Gasteiger partial charge on any atom is -0.343 e. The summed E-state index contributed by atoms with van der Waals surface area (Å²) in [5.41, 5.74) is -0.341. The molecule has 0 aromatic heterocycles. The molecular weight excluding hydrogens is 152 g/mol. The summed E-state index contributed by atoms with van der Waals surface area (Å²) >= 11 is 0. The van der Waals surface area contributed by atoms with E-state index in [2.05, 4.69) is 11.8 Å². The summed E-state index contributed by atoms with van der Waals surface area (Å²) in [5, 5.41) is 0. The molecule has 1 unspecified atom stereocenters. The van der Waals surface area contributed by atoms with Crippen molar-refractivity contribution in [1.29, 1.82) is 0 Å². The molecule has 0 aromatic carbocycles. The SMILES string of the molecule is CC1CN(C)C(=O)C(C)(C)N1C. The van der Waals surface area contributed by atoms with Crippen LogP contribution in [0.15, 0.2) is 0 Å². The van der Waals surface area contributed by atoms with Gasteiger partial charge in [0.15, 0.2) is 0 Å². The number of amides is 1. The lowest BCUT2D eigenvalue weighted by molar-refractivity contribution is -0.149. The van der Waals surface area contributed by atoms with Crippen LogP contribution in [0, 0.1) is 0 Å². The zero-order chi connectivity index (χ0) is 9.52. The van der Waals surface area contributed by atoms with Crippen LogP contribution in [0.5, 0.6) is 0 Å². The highest BCUT2D eigenvalue weighted by Crippen LogP contribution is 2.23. The molecule has 1 aliphatic heterocycles. The molecular formula is C9H18N2O. The van der Waals surface area contributed by atoms with Crippen molar-refractivity contribution in [2.45, 2.75) is 32.4 Å². The molecule has 70 valence electrons. The van der Waals surface area contributed by atoms with Crippen molar-refractivity contribution < 1.29 is 4.79 Å². The van der Waals surface area contributed by atoms with Gasteiger partial charge in [-0.15, -0.1) is 0 Å². The van der Waals surface area contributed by atoms with Gasteiger partial charge < -0.3 is 4.90 Å². The largest absolute Gasteiger partial charge is 0.343 e. The molecule has 1 saturated heterocycles. The number of nitrogens with zero attached hydrogens (tertiary/aromatic N) is 2. The molecule has 1 rings (SSSR count).